The van der Waals surface area contributed by atoms with Crippen LogP contribution in [0.4, 0.5) is 11.4 Å². The molecule has 0 radical (unpaired) electrons. The average Bonchev–Trinajstić information content (AvgIpc) is 3.20. The molecule has 0 aliphatic heterocycles. The first-order valence-corrected chi connectivity index (χ1v) is 12.6. The molecular formula is C26H22Br2N4O4. The lowest BCUT2D eigenvalue weighted by Crippen LogP contribution is -2.36. The van der Waals surface area contributed by atoms with E-state index in [1.165, 1.54) is 4.68 Å². The third-order valence-corrected chi connectivity index (χ3v) is 6.64. The van der Waals surface area contributed by atoms with E-state index in [0.29, 0.717) is 34.6 Å². The molecule has 8 nitrogen and oxygen atoms in total. The van der Waals surface area contributed by atoms with E-state index in [1.807, 2.05) is 32.0 Å². The molecule has 0 aliphatic carbocycles. The fourth-order valence-corrected chi connectivity index (χ4v) is 4.16. The molecular weight excluding hydrogens is 592 g/mol. The molecule has 36 heavy (non-hydrogen) atoms. The van der Waals surface area contributed by atoms with Gasteiger partial charge in [-0.2, -0.15) is 0 Å². The van der Waals surface area contributed by atoms with Crippen molar-refractivity contribution < 1.29 is 19.1 Å². The summed E-state index contributed by atoms with van der Waals surface area (Å²) in [7, 11) is 0. The van der Waals surface area contributed by atoms with E-state index in [9.17, 15) is 14.4 Å². The molecule has 3 aromatic carbocycles. The molecule has 0 unspecified atom stereocenters. The van der Waals surface area contributed by atoms with Crippen LogP contribution in [-0.2, 0) is 9.59 Å². The van der Waals surface area contributed by atoms with Crippen LogP contribution < -0.4 is 20.8 Å². The zero-order valence-electron chi connectivity index (χ0n) is 19.4. The van der Waals surface area contributed by atoms with Gasteiger partial charge in [0.1, 0.15) is 11.4 Å². The highest BCUT2D eigenvalue weighted by Crippen LogP contribution is 2.25. The maximum Gasteiger partial charge on any atom is 0.328 e. The van der Waals surface area contributed by atoms with E-state index in [2.05, 4.69) is 47.9 Å². The van der Waals surface area contributed by atoms with Gasteiger partial charge in [-0.05, 0) is 86.1 Å². The van der Waals surface area contributed by atoms with Crippen molar-refractivity contribution in [2.24, 2.45) is 0 Å². The summed E-state index contributed by atoms with van der Waals surface area (Å²) < 4.78 is 8.42. The summed E-state index contributed by atoms with van der Waals surface area (Å²) in [5, 5.41) is 6.09. The molecule has 0 saturated carbocycles. The number of carbonyl (C=O) groups is 3. The Kier molecular flexibility index (Phi) is 7.76. The number of nitrogens with one attached hydrogen (secondary N) is 3. The van der Waals surface area contributed by atoms with E-state index in [1.54, 1.807) is 48.5 Å². The van der Waals surface area contributed by atoms with Crippen molar-refractivity contribution in [2.75, 3.05) is 22.7 Å². The quantitative estimate of drug-likeness (QED) is 0.238. The molecule has 4 rings (SSSR count). The lowest BCUT2D eigenvalue weighted by molar-refractivity contribution is -0.133. The van der Waals surface area contributed by atoms with Gasteiger partial charge in [-0.3, -0.25) is 19.8 Å². The van der Waals surface area contributed by atoms with E-state index < -0.39 is 17.7 Å². The highest BCUT2D eigenvalue weighted by Gasteiger charge is 2.21. The monoisotopic (exact) mass is 612 g/mol. The highest BCUT2D eigenvalue weighted by atomic mass is 79.9. The first kappa shape index (κ1) is 25.5. The number of halogens is 2. The van der Waals surface area contributed by atoms with Crippen molar-refractivity contribution in [3.8, 4) is 5.75 Å². The van der Waals surface area contributed by atoms with Crippen LogP contribution in [0, 0.1) is 6.92 Å². The molecule has 3 N–H and O–H groups in total. The van der Waals surface area contributed by atoms with Crippen molar-refractivity contribution in [3.63, 3.8) is 0 Å². The van der Waals surface area contributed by atoms with Gasteiger partial charge in [0.25, 0.3) is 5.91 Å². The summed E-state index contributed by atoms with van der Waals surface area (Å²) >= 11 is 6.87. The number of hydrogen-bond donors (Lipinski definition) is 3. The minimum atomic E-state index is -0.933. The lowest BCUT2D eigenvalue weighted by Gasteiger charge is -2.13. The van der Waals surface area contributed by atoms with Gasteiger partial charge in [0, 0.05) is 25.7 Å². The van der Waals surface area contributed by atoms with Crippen molar-refractivity contribution in [2.45, 2.75) is 13.8 Å². The topological polar surface area (TPSA) is 101 Å². The van der Waals surface area contributed by atoms with Gasteiger partial charge in [0.2, 0.25) is 0 Å². The Hall–Kier alpha value is -3.63. The number of rotatable bonds is 6. The van der Waals surface area contributed by atoms with Crippen LogP contribution >= 0.6 is 31.9 Å². The molecule has 4 aromatic rings. The summed E-state index contributed by atoms with van der Waals surface area (Å²) in [4.78, 5) is 38.6. The highest BCUT2D eigenvalue weighted by molar-refractivity contribution is 9.10. The molecule has 1 heterocycles. The first-order chi connectivity index (χ1) is 17.2. The van der Waals surface area contributed by atoms with Gasteiger partial charge in [0.05, 0.1) is 12.1 Å². The van der Waals surface area contributed by atoms with Crippen LogP contribution in [0.25, 0.3) is 10.9 Å². The standard InChI is InChI=1S/C26H22Br2N4O4/c1-3-36-20-8-5-18(6-9-20)29-25(34)26(35)31-32-22-11-4-17(27)13-16(22)14-23(32)24(33)30-19-7-10-21(28)15(2)12-19/h4-14H,3H2,1-2H3,(H,29,34)(H,30,33)(H,31,35). The second-order valence-corrected chi connectivity index (χ2v) is 9.61. The first-order valence-electron chi connectivity index (χ1n) is 11.0. The Balaban J connectivity index is 1.58. The van der Waals surface area contributed by atoms with Crippen molar-refractivity contribution >= 4 is 71.9 Å². The predicted molar refractivity (Wildman–Crippen MR) is 147 cm³/mol. The van der Waals surface area contributed by atoms with Gasteiger partial charge < -0.3 is 15.4 Å². The Labute approximate surface area is 224 Å². The van der Waals surface area contributed by atoms with Crippen LogP contribution in [-0.4, -0.2) is 29.0 Å². The smallest absolute Gasteiger partial charge is 0.328 e. The molecule has 0 saturated heterocycles. The fraction of sp³-hybridized carbons (Fsp3) is 0.115. The fourth-order valence-electron chi connectivity index (χ4n) is 3.53. The molecule has 0 fully saturated rings. The van der Waals surface area contributed by atoms with Crippen molar-refractivity contribution in [1.82, 2.24) is 4.68 Å². The molecule has 1 aromatic heterocycles. The van der Waals surface area contributed by atoms with Crippen molar-refractivity contribution in [1.29, 1.82) is 0 Å². The summed E-state index contributed by atoms with van der Waals surface area (Å²) in [6.07, 6.45) is 0. The van der Waals surface area contributed by atoms with Crippen molar-refractivity contribution in [3.05, 3.63) is 86.9 Å². The Morgan fingerprint density at radius 2 is 1.58 bits per heavy atom. The number of nitrogens with zero attached hydrogens (tertiary/aromatic N) is 1. The van der Waals surface area contributed by atoms with Gasteiger partial charge in [-0.1, -0.05) is 31.9 Å². The zero-order chi connectivity index (χ0) is 25.8. The van der Waals surface area contributed by atoms with Crippen LogP contribution in [0.5, 0.6) is 5.75 Å². The second-order valence-electron chi connectivity index (χ2n) is 7.84. The Bertz CT molecular complexity index is 1470. The van der Waals surface area contributed by atoms with Crippen LogP contribution in [0.2, 0.25) is 0 Å². The van der Waals surface area contributed by atoms with E-state index in [4.69, 9.17) is 4.74 Å². The number of aromatic nitrogens is 1. The number of ether oxygens (including phenoxy) is 1. The zero-order valence-corrected chi connectivity index (χ0v) is 22.6. The number of carbonyl (C=O) groups excluding carboxylic acids is 3. The van der Waals surface area contributed by atoms with Gasteiger partial charge in [-0.15, -0.1) is 0 Å². The Morgan fingerprint density at radius 3 is 2.28 bits per heavy atom. The molecule has 0 atom stereocenters. The molecule has 10 heteroatoms. The van der Waals surface area contributed by atoms with E-state index in [0.717, 1.165) is 14.5 Å². The maximum absolute atomic E-state index is 13.2. The third-order valence-electron chi connectivity index (χ3n) is 5.25. The van der Waals surface area contributed by atoms with Gasteiger partial charge >= 0.3 is 11.8 Å². The second kappa shape index (κ2) is 11.0. The van der Waals surface area contributed by atoms with Gasteiger partial charge in [0.15, 0.2) is 0 Å². The van der Waals surface area contributed by atoms with Crippen LogP contribution in [0.15, 0.2) is 75.7 Å². The summed E-state index contributed by atoms with van der Waals surface area (Å²) in [5.74, 6) is -1.61. The van der Waals surface area contributed by atoms with Crippen LogP contribution in [0.3, 0.4) is 0 Å². The van der Waals surface area contributed by atoms with E-state index in [-0.39, 0.29) is 5.69 Å². The molecule has 184 valence electrons. The number of hydrogen-bond acceptors (Lipinski definition) is 4. The largest absolute Gasteiger partial charge is 0.494 e. The number of benzene rings is 3. The number of amides is 3. The average molecular weight is 614 g/mol. The molecule has 0 spiro atoms. The SMILES string of the molecule is CCOc1ccc(NC(=O)C(=O)Nn2c(C(=O)Nc3ccc(Br)c(C)c3)cc3cc(Br)ccc32)cc1. The molecule has 0 bridgehead atoms. The van der Waals surface area contributed by atoms with E-state index >= 15 is 0 Å². The summed E-state index contributed by atoms with van der Waals surface area (Å²) in [6.45, 7) is 4.31. The normalized spacial score (nSPS) is 10.7. The minimum Gasteiger partial charge on any atom is -0.494 e. The predicted octanol–water partition coefficient (Wildman–Crippen LogP) is 5.83. The third kappa shape index (κ3) is 5.77. The lowest BCUT2D eigenvalue weighted by atomic mass is 10.2. The maximum atomic E-state index is 13.2. The Morgan fingerprint density at radius 1 is 0.861 bits per heavy atom. The minimum absolute atomic E-state index is 0.158. The summed E-state index contributed by atoms with van der Waals surface area (Å²) in [6, 6.07) is 19.1. The van der Waals surface area contributed by atoms with Gasteiger partial charge in [-0.25, -0.2) is 4.68 Å². The molecule has 0 aliphatic rings. The number of fused-ring (bicyclic) bond motifs is 1. The number of anilines is 2. The van der Waals surface area contributed by atoms with Crippen LogP contribution in [0.1, 0.15) is 23.0 Å². The summed E-state index contributed by atoms with van der Waals surface area (Å²) in [5.41, 5.74) is 5.25. The molecule has 3 amide bonds. The number of aryl methyl sites for hydroxylation is 1.